The van der Waals surface area contributed by atoms with Gasteiger partial charge in [0.25, 0.3) is 5.91 Å². The number of pyridine rings is 1. The number of benzene rings is 2. The summed E-state index contributed by atoms with van der Waals surface area (Å²) < 4.78 is 5.36. The summed E-state index contributed by atoms with van der Waals surface area (Å²) in [6.45, 7) is 0.983. The van der Waals surface area contributed by atoms with Crippen LogP contribution in [0.25, 0.3) is 0 Å². The number of carbonyl (C=O) groups is 1. The summed E-state index contributed by atoms with van der Waals surface area (Å²) in [6, 6.07) is 20.9. The molecule has 3 rings (SSSR count). The molecule has 0 N–H and O–H groups in total. The molecule has 0 aliphatic carbocycles. The van der Waals surface area contributed by atoms with Crippen LogP contribution in [0.1, 0.15) is 21.6 Å². The summed E-state index contributed by atoms with van der Waals surface area (Å²) in [5.41, 5.74) is 2.46. The van der Waals surface area contributed by atoms with Gasteiger partial charge in [0.2, 0.25) is 0 Å². The Kier molecular flexibility index (Phi) is 6.44. The van der Waals surface area contributed by atoms with Crippen molar-refractivity contribution in [1.82, 2.24) is 9.88 Å². The Morgan fingerprint density at radius 3 is 2.56 bits per heavy atom. The van der Waals surface area contributed by atoms with Crippen LogP contribution in [0, 0.1) is 0 Å². The first-order valence-electron chi connectivity index (χ1n) is 8.74. The molecule has 4 nitrogen and oxygen atoms in total. The number of carbonyl (C=O) groups excluding carboxylic acids is 1. The summed E-state index contributed by atoms with van der Waals surface area (Å²) in [4.78, 5) is 19.4. The van der Waals surface area contributed by atoms with Gasteiger partial charge in [-0.1, -0.05) is 48.0 Å². The second-order valence-corrected chi connectivity index (χ2v) is 6.56. The number of aromatic nitrogens is 1. The van der Waals surface area contributed by atoms with Crippen molar-refractivity contribution in [3.05, 3.63) is 94.8 Å². The monoisotopic (exact) mass is 380 g/mol. The maximum Gasteiger partial charge on any atom is 0.258 e. The minimum atomic E-state index is -0.129. The molecule has 0 saturated heterocycles. The van der Waals surface area contributed by atoms with Gasteiger partial charge in [-0.05, 0) is 42.3 Å². The lowest BCUT2D eigenvalue weighted by Gasteiger charge is -2.23. The van der Waals surface area contributed by atoms with Gasteiger partial charge in [0.1, 0.15) is 5.75 Å². The van der Waals surface area contributed by atoms with Crippen LogP contribution in [0.5, 0.6) is 5.75 Å². The number of rotatable bonds is 7. The fourth-order valence-electron chi connectivity index (χ4n) is 2.87. The summed E-state index contributed by atoms with van der Waals surface area (Å²) >= 11 is 6.12. The average molecular weight is 381 g/mol. The fraction of sp³-hybridized carbons (Fsp3) is 0.182. The highest BCUT2D eigenvalue weighted by Crippen LogP contribution is 2.25. The number of halogens is 1. The largest absolute Gasteiger partial charge is 0.496 e. The molecule has 0 unspecified atom stereocenters. The van der Waals surface area contributed by atoms with Crippen LogP contribution in [-0.4, -0.2) is 29.4 Å². The summed E-state index contributed by atoms with van der Waals surface area (Å²) in [6.07, 6.45) is 2.48. The highest BCUT2D eigenvalue weighted by molar-refractivity contribution is 6.31. The third-order valence-corrected chi connectivity index (χ3v) is 4.51. The molecule has 1 aromatic heterocycles. The zero-order chi connectivity index (χ0) is 19.1. The van der Waals surface area contributed by atoms with Gasteiger partial charge in [-0.3, -0.25) is 9.78 Å². The molecule has 0 saturated carbocycles. The zero-order valence-corrected chi connectivity index (χ0v) is 15.9. The van der Waals surface area contributed by atoms with Gasteiger partial charge < -0.3 is 9.64 Å². The number of nitrogens with zero attached hydrogens (tertiary/aromatic N) is 2. The van der Waals surface area contributed by atoms with Crippen molar-refractivity contribution in [2.75, 3.05) is 13.7 Å². The van der Waals surface area contributed by atoms with Crippen molar-refractivity contribution in [2.45, 2.75) is 13.0 Å². The third kappa shape index (κ3) is 5.08. The van der Waals surface area contributed by atoms with E-state index in [9.17, 15) is 4.79 Å². The van der Waals surface area contributed by atoms with E-state index in [0.717, 1.165) is 12.1 Å². The van der Waals surface area contributed by atoms with E-state index in [2.05, 4.69) is 17.1 Å². The van der Waals surface area contributed by atoms with E-state index in [1.54, 1.807) is 36.4 Å². The molecule has 0 aliphatic heterocycles. The highest BCUT2D eigenvalue weighted by Gasteiger charge is 2.21. The molecule has 0 atom stereocenters. The molecule has 0 spiro atoms. The second-order valence-electron chi connectivity index (χ2n) is 6.13. The van der Waals surface area contributed by atoms with E-state index < -0.39 is 0 Å². The summed E-state index contributed by atoms with van der Waals surface area (Å²) in [5.74, 6) is 0.381. The predicted molar refractivity (Wildman–Crippen MR) is 107 cm³/mol. The lowest BCUT2D eigenvalue weighted by molar-refractivity contribution is 0.0739. The molecule has 1 heterocycles. The minimum absolute atomic E-state index is 0.129. The Hall–Kier alpha value is -2.85. The van der Waals surface area contributed by atoms with Gasteiger partial charge in [0.15, 0.2) is 0 Å². The van der Waals surface area contributed by atoms with Crippen molar-refractivity contribution >= 4 is 17.5 Å². The smallest absolute Gasteiger partial charge is 0.258 e. The molecule has 3 aromatic rings. The van der Waals surface area contributed by atoms with E-state index >= 15 is 0 Å². The van der Waals surface area contributed by atoms with Crippen LogP contribution < -0.4 is 4.74 Å². The maximum atomic E-state index is 13.3. The Morgan fingerprint density at radius 1 is 1.07 bits per heavy atom. The number of hydrogen-bond donors (Lipinski definition) is 0. The number of methoxy groups -OCH3 is 1. The van der Waals surface area contributed by atoms with Gasteiger partial charge in [-0.2, -0.15) is 0 Å². The molecule has 2 aromatic carbocycles. The van der Waals surface area contributed by atoms with Crippen LogP contribution in [0.2, 0.25) is 5.02 Å². The quantitative estimate of drug-likeness (QED) is 0.600. The van der Waals surface area contributed by atoms with E-state index in [1.165, 1.54) is 5.56 Å². The summed E-state index contributed by atoms with van der Waals surface area (Å²) in [7, 11) is 1.55. The Balaban J connectivity index is 1.86. The van der Waals surface area contributed by atoms with Gasteiger partial charge in [-0.15, -0.1) is 0 Å². The Morgan fingerprint density at radius 2 is 1.85 bits per heavy atom. The third-order valence-electron chi connectivity index (χ3n) is 4.27. The zero-order valence-electron chi connectivity index (χ0n) is 15.1. The molecule has 0 radical (unpaired) electrons. The van der Waals surface area contributed by atoms with Crippen LogP contribution >= 0.6 is 11.6 Å². The Bertz CT molecular complexity index is 885. The van der Waals surface area contributed by atoms with Gasteiger partial charge >= 0.3 is 0 Å². The normalized spacial score (nSPS) is 10.4. The van der Waals surface area contributed by atoms with Crippen molar-refractivity contribution < 1.29 is 9.53 Å². The SMILES string of the molecule is COc1ccc(Cl)cc1C(=O)N(CCc1ccccc1)Cc1ccccn1. The molecular weight excluding hydrogens is 360 g/mol. The van der Waals surface area contributed by atoms with Gasteiger partial charge in [-0.25, -0.2) is 0 Å². The van der Waals surface area contributed by atoms with Crippen LogP contribution in [0.3, 0.4) is 0 Å². The minimum Gasteiger partial charge on any atom is -0.496 e. The number of ether oxygens (including phenoxy) is 1. The van der Waals surface area contributed by atoms with Crippen molar-refractivity contribution in [3.63, 3.8) is 0 Å². The molecule has 27 heavy (non-hydrogen) atoms. The molecule has 1 amide bonds. The molecular formula is C22H21ClN2O2. The average Bonchev–Trinajstić information content (AvgIpc) is 2.72. The number of hydrogen-bond acceptors (Lipinski definition) is 3. The van der Waals surface area contributed by atoms with Crippen molar-refractivity contribution in [1.29, 1.82) is 0 Å². The topological polar surface area (TPSA) is 42.4 Å². The molecule has 0 fully saturated rings. The van der Waals surface area contributed by atoms with E-state index in [0.29, 0.717) is 29.4 Å². The van der Waals surface area contributed by atoms with E-state index in [1.807, 2.05) is 36.4 Å². The predicted octanol–water partition coefficient (Wildman–Crippen LogP) is 4.63. The molecule has 0 aliphatic rings. The van der Waals surface area contributed by atoms with Gasteiger partial charge in [0, 0.05) is 17.8 Å². The standard InChI is InChI=1S/C22H21ClN2O2/c1-27-21-11-10-18(23)15-20(21)22(26)25(16-19-9-5-6-13-24-19)14-12-17-7-3-2-4-8-17/h2-11,13,15H,12,14,16H2,1H3. The first kappa shape index (κ1) is 18.9. The van der Waals surface area contributed by atoms with Gasteiger partial charge in [0.05, 0.1) is 24.9 Å². The summed E-state index contributed by atoms with van der Waals surface area (Å²) in [5, 5.41) is 0.500. The number of amides is 1. The molecule has 0 bridgehead atoms. The first-order valence-corrected chi connectivity index (χ1v) is 9.12. The van der Waals surface area contributed by atoms with Crippen LogP contribution in [0.4, 0.5) is 0 Å². The molecule has 138 valence electrons. The Labute approximate surface area is 164 Å². The van der Waals surface area contributed by atoms with Crippen LogP contribution in [0.15, 0.2) is 72.9 Å². The van der Waals surface area contributed by atoms with Crippen molar-refractivity contribution in [3.8, 4) is 5.75 Å². The van der Waals surface area contributed by atoms with E-state index in [4.69, 9.17) is 16.3 Å². The fourth-order valence-corrected chi connectivity index (χ4v) is 3.04. The maximum absolute atomic E-state index is 13.3. The lowest BCUT2D eigenvalue weighted by Crippen LogP contribution is -2.33. The van der Waals surface area contributed by atoms with Crippen LogP contribution in [-0.2, 0) is 13.0 Å². The lowest BCUT2D eigenvalue weighted by atomic mass is 10.1. The van der Waals surface area contributed by atoms with E-state index in [-0.39, 0.29) is 5.91 Å². The highest BCUT2D eigenvalue weighted by atomic mass is 35.5. The first-order chi connectivity index (χ1) is 13.2. The second kappa shape index (κ2) is 9.19. The molecule has 5 heteroatoms. The van der Waals surface area contributed by atoms with Crippen molar-refractivity contribution in [2.24, 2.45) is 0 Å².